The number of hydrogen-bond acceptors (Lipinski definition) is 4. The van der Waals surface area contributed by atoms with Gasteiger partial charge in [-0.2, -0.15) is 0 Å². The average molecular weight is 351 g/mol. The van der Waals surface area contributed by atoms with Crippen molar-refractivity contribution in [3.05, 3.63) is 29.8 Å². The molecule has 22 heavy (non-hydrogen) atoms. The smallest absolute Gasteiger partial charge is 0.123 e. The Morgan fingerprint density at radius 1 is 1.27 bits per heavy atom. The summed E-state index contributed by atoms with van der Waals surface area (Å²) in [6.07, 6.45) is 2.41. The normalized spacial score (nSPS) is 21.0. The van der Waals surface area contributed by atoms with Crippen LogP contribution in [0.15, 0.2) is 24.3 Å². The van der Waals surface area contributed by atoms with Crippen LogP contribution in [0.3, 0.4) is 0 Å². The Morgan fingerprint density at radius 3 is 2.68 bits per heavy atom. The highest BCUT2D eigenvalue weighted by atomic mass is 35.5. The highest BCUT2D eigenvalue weighted by Crippen LogP contribution is 2.25. The van der Waals surface area contributed by atoms with Gasteiger partial charge in [0.05, 0.1) is 6.61 Å². The molecule has 4 nitrogen and oxygen atoms in total. The first-order chi connectivity index (χ1) is 9.74. The molecule has 0 aliphatic carbocycles. The molecule has 2 rings (SSSR count). The van der Waals surface area contributed by atoms with Gasteiger partial charge in [0.1, 0.15) is 12.4 Å². The van der Waals surface area contributed by atoms with Crippen molar-refractivity contribution < 1.29 is 9.84 Å². The molecule has 1 fully saturated rings. The number of ether oxygens (including phenoxy) is 1. The van der Waals surface area contributed by atoms with E-state index in [-0.39, 0.29) is 31.4 Å². The zero-order chi connectivity index (χ0) is 14.4. The van der Waals surface area contributed by atoms with Gasteiger partial charge >= 0.3 is 0 Å². The van der Waals surface area contributed by atoms with E-state index in [4.69, 9.17) is 15.6 Å². The molecule has 1 aliphatic rings. The van der Waals surface area contributed by atoms with Gasteiger partial charge in [0, 0.05) is 31.2 Å². The molecule has 128 valence electrons. The van der Waals surface area contributed by atoms with E-state index in [1.165, 1.54) is 18.4 Å². The predicted molar refractivity (Wildman–Crippen MR) is 95.2 cm³/mol. The van der Waals surface area contributed by atoms with Crippen molar-refractivity contribution in [1.29, 1.82) is 0 Å². The Labute approximate surface area is 145 Å². The minimum atomic E-state index is 0. The fourth-order valence-corrected chi connectivity index (χ4v) is 2.97. The minimum absolute atomic E-state index is 0. The summed E-state index contributed by atoms with van der Waals surface area (Å²) in [6, 6.07) is 8.34. The fraction of sp³-hybridized carbons (Fsp3) is 0.625. The van der Waals surface area contributed by atoms with Gasteiger partial charge in [-0.25, -0.2) is 0 Å². The number of benzene rings is 1. The third-order valence-corrected chi connectivity index (χ3v) is 3.94. The van der Waals surface area contributed by atoms with E-state index in [1.807, 2.05) is 18.2 Å². The molecule has 6 heteroatoms. The lowest BCUT2D eigenvalue weighted by Gasteiger charge is -2.18. The van der Waals surface area contributed by atoms with Crippen molar-refractivity contribution in [1.82, 2.24) is 4.90 Å². The summed E-state index contributed by atoms with van der Waals surface area (Å²) in [7, 11) is 0. The van der Waals surface area contributed by atoms with Crippen molar-refractivity contribution in [2.75, 3.05) is 26.3 Å². The van der Waals surface area contributed by atoms with Gasteiger partial charge in [0.25, 0.3) is 0 Å². The number of rotatable bonds is 7. The molecule has 0 unspecified atom stereocenters. The summed E-state index contributed by atoms with van der Waals surface area (Å²) < 4.78 is 5.59. The quantitative estimate of drug-likeness (QED) is 0.792. The van der Waals surface area contributed by atoms with Gasteiger partial charge in [-0.3, -0.25) is 4.90 Å². The van der Waals surface area contributed by atoms with Crippen LogP contribution >= 0.6 is 24.8 Å². The zero-order valence-corrected chi connectivity index (χ0v) is 14.7. The summed E-state index contributed by atoms with van der Waals surface area (Å²) in [4.78, 5) is 2.41. The summed E-state index contributed by atoms with van der Waals surface area (Å²) in [6.45, 7) is 5.50. The largest absolute Gasteiger partial charge is 0.491 e. The third kappa shape index (κ3) is 5.94. The zero-order valence-electron chi connectivity index (χ0n) is 13.1. The molecule has 0 radical (unpaired) electrons. The molecular weight excluding hydrogens is 323 g/mol. The Balaban J connectivity index is 0.00000220. The lowest BCUT2D eigenvalue weighted by Crippen LogP contribution is -2.29. The van der Waals surface area contributed by atoms with Gasteiger partial charge in [0.2, 0.25) is 0 Å². The van der Waals surface area contributed by atoms with Gasteiger partial charge in [-0.15, -0.1) is 24.8 Å². The first-order valence-corrected chi connectivity index (χ1v) is 7.54. The van der Waals surface area contributed by atoms with Crippen LogP contribution in [-0.2, 0) is 6.54 Å². The Hall–Kier alpha value is -0.520. The van der Waals surface area contributed by atoms with Crippen LogP contribution in [0.4, 0.5) is 0 Å². The van der Waals surface area contributed by atoms with Crippen molar-refractivity contribution in [3.63, 3.8) is 0 Å². The maximum Gasteiger partial charge on any atom is 0.123 e. The van der Waals surface area contributed by atoms with Crippen LogP contribution in [0.5, 0.6) is 5.75 Å². The molecular formula is C16H28Cl2N2O2. The summed E-state index contributed by atoms with van der Waals surface area (Å²) >= 11 is 0. The van der Waals surface area contributed by atoms with Crippen LogP contribution in [0, 0.1) is 5.92 Å². The number of nitrogens with zero attached hydrogens (tertiary/aromatic N) is 1. The highest BCUT2D eigenvalue weighted by molar-refractivity contribution is 5.85. The van der Waals surface area contributed by atoms with Crippen molar-refractivity contribution >= 4 is 24.8 Å². The van der Waals surface area contributed by atoms with E-state index in [0.29, 0.717) is 18.6 Å². The number of aliphatic hydroxyl groups is 1. The minimum Gasteiger partial charge on any atom is -0.491 e. The van der Waals surface area contributed by atoms with Crippen molar-refractivity contribution in [2.24, 2.45) is 11.7 Å². The molecule has 0 amide bonds. The lowest BCUT2D eigenvalue weighted by molar-refractivity contribution is 0.198. The predicted octanol–water partition coefficient (Wildman–Crippen LogP) is 2.46. The van der Waals surface area contributed by atoms with Gasteiger partial charge < -0.3 is 15.6 Å². The standard InChI is InChI=1S/C16H26N2O2.2ClH/c1-2-5-13-10-18(12-15(13)17)11-14-6-3-4-7-16(14)20-9-8-19;;/h3-4,6-7,13,15,19H,2,5,8-12,17H2,1H3;2*1H/t13-,15-;;/m0../s1. The van der Waals surface area contributed by atoms with E-state index in [2.05, 4.69) is 17.9 Å². The molecule has 3 N–H and O–H groups in total. The molecule has 1 heterocycles. The molecule has 1 aromatic rings. The molecule has 2 atom stereocenters. The molecule has 1 aliphatic heterocycles. The van der Waals surface area contributed by atoms with E-state index >= 15 is 0 Å². The molecule has 1 aromatic carbocycles. The Bertz CT molecular complexity index is 421. The molecule has 0 aromatic heterocycles. The number of nitrogens with two attached hydrogens (primary N) is 1. The Kier molecular flexibility index (Phi) is 10.8. The number of hydrogen-bond donors (Lipinski definition) is 2. The maximum atomic E-state index is 8.88. The van der Waals surface area contributed by atoms with E-state index in [0.717, 1.165) is 25.4 Å². The highest BCUT2D eigenvalue weighted by Gasteiger charge is 2.29. The number of likely N-dealkylation sites (tertiary alicyclic amines) is 1. The van der Waals surface area contributed by atoms with E-state index in [1.54, 1.807) is 0 Å². The number of aliphatic hydroxyl groups excluding tert-OH is 1. The second-order valence-corrected chi connectivity index (χ2v) is 5.59. The summed E-state index contributed by atoms with van der Waals surface area (Å²) in [5, 5.41) is 8.88. The molecule has 1 saturated heterocycles. The molecule has 0 spiro atoms. The number of halogens is 2. The van der Waals surface area contributed by atoms with Crippen LogP contribution in [0.1, 0.15) is 25.3 Å². The second-order valence-electron chi connectivity index (χ2n) is 5.59. The number of para-hydroxylation sites is 1. The first kappa shape index (κ1) is 21.5. The summed E-state index contributed by atoms with van der Waals surface area (Å²) in [5.41, 5.74) is 7.39. The van der Waals surface area contributed by atoms with E-state index in [9.17, 15) is 0 Å². The summed E-state index contributed by atoms with van der Waals surface area (Å²) in [5.74, 6) is 1.49. The third-order valence-electron chi connectivity index (χ3n) is 3.94. The van der Waals surface area contributed by atoms with Crippen molar-refractivity contribution in [2.45, 2.75) is 32.4 Å². The average Bonchev–Trinajstić information content (AvgIpc) is 2.78. The van der Waals surface area contributed by atoms with Crippen LogP contribution in [0.25, 0.3) is 0 Å². The Morgan fingerprint density at radius 2 is 2.00 bits per heavy atom. The van der Waals surface area contributed by atoms with E-state index < -0.39 is 0 Å². The topological polar surface area (TPSA) is 58.7 Å². The fourth-order valence-electron chi connectivity index (χ4n) is 2.97. The van der Waals surface area contributed by atoms with Gasteiger partial charge in [-0.1, -0.05) is 31.5 Å². The maximum absolute atomic E-state index is 8.88. The van der Waals surface area contributed by atoms with Gasteiger partial charge in [0.15, 0.2) is 0 Å². The van der Waals surface area contributed by atoms with Crippen molar-refractivity contribution in [3.8, 4) is 5.75 Å². The second kappa shape index (κ2) is 11.1. The van der Waals surface area contributed by atoms with Crippen LogP contribution in [0.2, 0.25) is 0 Å². The monoisotopic (exact) mass is 350 g/mol. The first-order valence-electron chi connectivity index (χ1n) is 7.54. The van der Waals surface area contributed by atoms with Crippen LogP contribution in [-0.4, -0.2) is 42.4 Å². The van der Waals surface area contributed by atoms with Crippen LogP contribution < -0.4 is 10.5 Å². The van der Waals surface area contributed by atoms with Gasteiger partial charge in [-0.05, 0) is 18.4 Å². The SMILES string of the molecule is CCC[C@H]1CN(Cc2ccccc2OCCO)C[C@@H]1N.Cl.Cl. The molecule has 0 bridgehead atoms. The molecule has 0 saturated carbocycles. The lowest BCUT2D eigenvalue weighted by atomic mass is 9.99.